The van der Waals surface area contributed by atoms with Crippen LogP contribution in [0.15, 0.2) is 35.0 Å². The van der Waals surface area contributed by atoms with Crippen LogP contribution >= 0.6 is 11.6 Å². The summed E-state index contributed by atoms with van der Waals surface area (Å²) in [4.78, 5) is 8.44. The lowest BCUT2D eigenvalue weighted by Crippen LogP contribution is -1.84. The Morgan fingerprint density at radius 2 is 1.89 bits per heavy atom. The van der Waals surface area contributed by atoms with Gasteiger partial charge in [0, 0.05) is 30.3 Å². The van der Waals surface area contributed by atoms with Crippen LogP contribution in [0.1, 0.15) is 5.89 Å². The minimum Gasteiger partial charge on any atom is -0.421 e. The molecule has 0 radical (unpaired) electrons. The SMILES string of the molecule is ClCCc1nnc(-c2ccc3nccnc3c2)o1. The number of nitrogens with zero attached hydrogens (tertiary/aromatic N) is 4. The highest BCUT2D eigenvalue weighted by molar-refractivity contribution is 6.17. The lowest BCUT2D eigenvalue weighted by Gasteiger charge is -1.97. The molecule has 0 atom stereocenters. The van der Waals surface area contributed by atoms with Gasteiger partial charge in [0.05, 0.1) is 11.0 Å². The topological polar surface area (TPSA) is 64.7 Å². The van der Waals surface area contributed by atoms with Crippen LogP contribution in [-0.4, -0.2) is 26.0 Å². The number of hydrogen-bond donors (Lipinski definition) is 0. The monoisotopic (exact) mass is 260 g/mol. The molecule has 1 aromatic carbocycles. The van der Waals surface area contributed by atoms with Gasteiger partial charge in [-0.3, -0.25) is 9.97 Å². The fraction of sp³-hybridized carbons (Fsp3) is 0.167. The van der Waals surface area contributed by atoms with Crippen molar-refractivity contribution in [2.75, 3.05) is 5.88 Å². The second-order valence-electron chi connectivity index (χ2n) is 3.70. The lowest BCUT2D eigenvalue weighted by atomic mass is 10.2. The molecule has 0 aliphatic rings. The van der Waals surface area contributed by atoms with Gasteiger partial charge in [-0.15, -0.1) is 21.8 Å². The molecule has 0 saturated heterocycles. The van der Waals surface area contributed by atoms with Crippen LogP contribution in [0.5, 0.6) is 0 Å². The Hall–Kier alpha value is -2.01. The van der Waals surface area contributed by atoms with Gasteiger partial charge in [0.1, 0.15) is 0 Å². The summed E-state index contributed by atoms with van der Waals surface area (Å²) >= 11 is 5.62. The van der Waals surface area contributed by atoms with E-state index in [0.717, 1.165) is 16.6 Å². The summed E-state index contributed by atoms with van der Waals surface area (Å²) in [5.74, 6) is 1.48. The third-order valence-electron chi connectivity index (χ3n) is 2.49. The van der Waals surface area contributed by atoms with E-state index in [1.807, 2.05) is 18.2 Å². The zero-order valence-electron chi connectivity index (χ0n) is 9.38. The van der Waals surface area contributed by atoms with Crippen molar-refractivity contribution in [3.63, 3.8) is 0 Å². The smallest absolute Gasteiger partial charge is 0.247 e. The van der Waals surface area contributed by atoms with Crippen molar-refractivity contribution >= 4 is 22.6 Å². The third-order valence-corrected chi connectivity index (χ3v) is 2.68. The molecule has 0 saturated carbocycles. The normalized spacial score (nSPS) is 10.9. The second kappa shape index (κ2) is 4.70. The molecule has 5 nitrogen and oxygen atoms in total. The molecule has 0 aliphatic carbocycles. The first-order valence-electron chi connectivity index (χ1n) is 5.46. The number of aromatic nitrogens is 4. The second-order valence-corrected chi connectivity index (χ2v) is 4.08. The van der Waals surface area contributed by atoms with Crippen LogP contribution in [0.2, 0.25) is 0 Å². The third kappa shape index (κ3) is 2.04. The largest absolute Gasteiger partial charge is 0.421 e. The van der Waals surface area contributed by atoms with E-state index in [4.69, 9.17) is 16.0 Å². The predicted octanol–water partition coefficient (Wildman–Crippen LogP) is 2.46. The van der Waals surface area contributed by atoms with Gasteiger partial charge in [-0.25, -0.2) is 0 Å². The van der Waals surface area contributed by atoms with E-state index in [0.29, 0.717) is 24.1 Å². The van der Waals surface area contributed by atoms with Crippen LogP contribution in [0, 0.1) is 0 Å². The summed E-state index contributed by atoms with van der Waals surface area (Å²) in [6.45, 7) is 0. The van der Waals surface area contributed by atoms with Gasteiger partial charge >= 0.3 is 0 Å². The molecular formula is C12H9ClN4O. The summed E-state index contributed by atoms with van der Waals surface area (Å²) in [6.07, 6.45) is 3.88. The van der Waals surface area contributed by atoms with E-state index in [1.165, 1.54) is 0 Å². The number of benzene rings is 1. The molecule has 0 spiro atoms. The average Bonchev–Trinajstić information content (AvgIpc) is 2.87. The molecule has 18 heavy (non-hydrogen) atoms. The van der Waals surface area contributed by atoms with Crippen LogP contribution in [-0.2, 0) is 6.42 Å². The summed E-state index contributed by atoms with van der Waals surface area (Å²) < 4.78 is 5.50. The Kier molecular flexibility index (Phi) is 2.90. The Morgan fingerprint density at radius 3 is 2.72 bits per heavy atom. The summed E-state index contributed by atoms with van der Waals surface area (Å²) in [5.41, 5.74) is 2.46. The molecule has 2 aromatic heterocycles. The molecule has 0 N–H and O–H groups in total. The van der Waals surface area contributed by atoms with Gasteiger partial charge in [0.15, 0.2) is 0 Å². The van der Waals surface area contributed by atoms with E-state index in [-0.39, 0.29) is 0 Å². The van der Waals surface area contributed by atoms with Crippen LogP contribution in [0.4, 0.5) is 0 Å². The first kappa shape index (κ1) is 11.1. The van der Waals surface area contributed by atoms with Crippen LogP contribution < -0.4 is 0 Å². The maximum absolute atomic E-state index is 5.62. The van der Waals surface area contributed by atoms with Gasteiger partial charge < -0.3 is 4.42 Å². The lowest BCUT2D eigenvalue weighted by molar-refractivity contribution is 0.514. The molecule has 6 heteroatoms. The number of halogens is 1. The van der Waals surface area contributed by atoms with Crippen molar-refractivity contribution in [1.82, 2.24) is 20.2 Å². The average molecular weight is 261 g/mol. The molecule has 90 valence electrons. The Morgan fingerprint density at radius 1 is 1.06 bits per heavy atom. The zero-order chi connectivity index (χ0) is 12.4. The van der Waals surface area contributed by atoms with Crippen molar-refractivity contribution in [3.8, 4) is 11.5 Å². The van der Waals surface area contributed by atoms with Gasteiger partial charge in [0.25, 0.3) is 0 Å². The Bertz CT molecular complexity index is 682. The highest BCUT2D eigenvalue weighted by Crippen LogP contribution is 2.21. The van der Waals surface area contributed by atoms with E-state index in [2.05, 4.69) is 20.2 Å². The molecule has 0 aliphatic heterocycles. The number of hydrogen-bond acceptors (Lipinski definition) is 5. The number of aryl methyl sites for hydroxylation is 1. The van der Waals surface area contributed by atoms with E-state index >= 15 is 0 Å². The summed E-state index contributed by atoms with van der Waals surface area (Å²) in [6, 6.07) is 5.64. The fourth-order valence-electron chi connectivity index (χ4n) is 1.65. The maximum Gasteiger partial charge on any atom is 0.247 e. The minimum absolute atomic E-state index is 0.463. The predicted molar refractivity (Wildman–Crippen MR) is 67.3 cm³/mol. The first-order valence-corrected chi connectivity index (χ1v) is 6.00. The first-order chi connectivity index (χ1) is 8.86. The van der Waals surface area contributed by atoms with Gasteiger partial charge in [-0.05, 0) is 18.2 Å². The molecule has 0 bridgehead atoms. The number of alkyl halides is 1. The van der Waals surface area contributed by atoms with Crippen molar-refractivity contribution in [1.29, 1.82) is 0 Å². The summed E-state index contributed by atoms with van der Waals surface area (Å²) in [7, 11) is 0. The van der Waals surface area contributed by atoms with E-state index in [9.17, 15) is 0 Å². The molecular weight excluding hydrogens is 252 g/mol. The maximum atomic E-state index is 5.62. The minimum atomic E-state index is 0.463. The van der Waals surface area contributed by atoms with Crippen molar-refractivity contribution in [2.24, 2.45) is 0 Å². The Balaban J connectivity index is 2.02. The van der Waals surface area contributed by atoms with Gasteiger partial charge in [0.2, 0.25) is 11.8 Å². The van der Waals surface area contributed by atoms with Gasteiger partial charge in [-0.1, -0.05) is 0 Å². The van der Waals surface area contributed by atoms with Crippen LogP contribution in [0.3, 0.4) is 0 Å². The molecule has 2 heterocycles. The molecule has 3 rings (SSSR count). The quantitative estimate of drug-likeness (QED) is 0.677. The number of fused-ring (bicyclic) bond motifs is 1. The standard InChI is InChI=1S/C12H9ClN4O/c13-4-3-11-16-17-12(18-11)8-1-2-9-10(7-8)15-6-5-14-9/h1-2,5-7H,3-4H2. The highest BCUT2D eigenvalue weighted by Gasteiger charge is 2.09. The van der Waals surface area contributed by atoms with E-state index in [1.54, 1.807) is 12.4 Å². The molecule has 3 aromatic rings. The van der Waals surface area contributed by atoms with Crippen molar-refractivity contribution in [2.45, 2.75) is 6.42 Å². The van der Waals surface area contributed by atoms with Crippen LogP contribution in [0.25, 0.3) is 22.5 Å². The number of rotatable bonds is 3. The summed E-state index contributed by atoms with van der Waals surface area (Å²) in [5, 5.41) is 7.91. The Labute approximate surface area is 108 Å². The van der Waals surface area contributed by atoms with Crippen molar-refractivity contribution in [3.05, 3.63) is 36.5 Å². The molecule has 0 unspecified atom stereocenters. The molecule has 0 fully saturated rings. The van der Waals surface area contributed by atoms with Crippen molar-refractivity contribution < 1.29 is 4.42 Å². The van der Waals surface area contributed by atoms with E-state index < -0.39 is 0 Å². The van der Waals surface area contributed by atoms with Gasteiger partial charge in [-0.2, -0.15) is 0 Å². The highest BCUT2D eigenvalue weighted by atomic mass is 35.5. The molecule has 0 amide bonds. The zero-order valence-corrected chi connectivity index (χ0v) is 10.1. The fourth-order valence-corrected chi connectivity index (χ4v) is 1.81.